The van der Waals surface area contributed by atoms with Crippen LogP contribution in [0.25, 0.3) is 6.08 Å². The molecule has 0 aliphatic heterocycles. The van der Waals surface area contributed by atoms with Crippen LogP contribution in [0.5, 0.6) is 11.5 Å². The molecule has 0 spiro atoms. The lowest BCUT2D eigenvalue weighted by molar-refractivity contribution is -0.134. The summed E-state index contributed by atoms with van der Waals surface area (Å²) in [5.41, 5.74) is 1.70. The largest absolute Gasteiger partial charge is 0.493 e. The van der Waals surface area contributed by atoms with E-state index in [0.717, 1.165) is 11.6 Å². The van der Waals surface area contributed by atoms with Gasteiger partial charge in [-0.2, -0.15) is 0 Å². The van der Waals surface area contributed by atoms with Crippen molar-refractivity contribution in [2.24, 2.45) is 0 Å². The van der Waals surface area contributed by atoms with Gasteiger partial charge in [-0.3, -0.25) is 4.79 Å². The van der Waals surface area contributed by atoms with Gasteiger partial charge in [-0.05, 0) is 35.8 Å². The predicted octanol–water partition coefficient (Wildman–Crippen LogP) is 3.33. The standard InChI is InChI=1S/C19H18O5/c1-23-17-13-15(8-11-18(20)21)7-10-16(17)24-19(22)12-9-14-5-3-2-4-6-14/h2-8,10-11,13H,9,12H2,1H3,(H,20,21)/b11-8+. The number of methoxy groups -OCH3 is 1. The van der Waals surface area contributed by atoms with E-state index in [2.05, 4.69) is 0 Å². The number of rotatable bonds is 7. The van der Waals surface area contributed by atoms with Crippen molar-refractivity contribution >= 4 is 18.0 Å². The molecular formula is C19H18O5. The lowest BCUT2D eigenvalue weighted by Gasteiger charge is -2.10. The number of hydrogen-bond acceptors (Lipinski definition) is 4. The van der Waals surface area contributed by atoms with E-state index in [4.69, 9.17) is 14.6 Å². The highest BCUT2D eigenvalue weighted by atomic mass is 16.6. The minimum atomic E-state index is -1.04. The second-order valence-corrected chi connectivity index (χ2v) is 5.04. The van der Waals surface area contributed by atoms with Gasteiger partial charge in [-0.1, -0.05) is 36.4 Å². The summed E-state index contributed by atoms with van der Waals surface area (Å²) >= 11 is 0. The number of carbonyl (C=O) groups excluding carboxylic acids is 1. The van der Waals surface area contributed by atoms with Gasteiger partial charge in [0, 0.05) is 12.5 Å². The molecule has 2 aromatic rings. The van der Waals surface area contributed by atoms with Gasteiger partial charge < -0.3 is 14.6 Å². The van der Waals surface area contributed by atoms with E-state index >= 15 is 0 Å². The van der Waals surface area contributed by atoms with Crippen molar-refractivity contribution in [3.05, 3.63) is 65.7 Å². The van der Waals surface area contributed by atoms with Crippen molar-refractivity contribution in [2.45, 2.75) is 12.8 Å². The molecule has 24 heavy (non-hydrogen) atoms. The topological polar surface area (TPSA) is 72.8 Å². The van der Waals surface area contributed by atoms with Gasteiger partial charge in [0.15, 0.2) is 11.5 Å². The van der Waals surface area contributed by atoms with E-state index in [-0.39, 0.29) is 12.4 Å². The van der Waals surface area contributed by atoms with Gasteiger partial charge in [-0.15, -0.1) is 0 Å². The number of hydrogen-bond donors (Lipinski definition) is 1. The van der Waals surface area contributed by atoms with Gasteiger partial charge in [0.25, 0.3) is 0 Å². The summed E-state index contributed by atoms with van der Waals surface area (Å²) in [7, 11) is 1.46. The van der Waals surface area contributed by atoms with Crippen LogP contribution in [0.3, 0.4) is 0 Å². The fraction of sp³-hybridized carbons (Fsp3) is 0.158. The third-order valence-electron chi connectivity index (χ3n) is 3.29. The number of esters is 1. The van der Waals surface area contributed by atoms with Crippen molar-refractivity contribution in [1.82, 2.24) is 0 Å². The third kappa shape index (κ3) is 5.28. The summed E-state index contributed by atoms with van der Waals surface area (Å²) in [4.78, 5) is 22.5. The Balaban J connectivity index is 2.00. The first-order chi connectivity index (χ1) is 11.6. The summed E-state index contributed by atoms with van der Waals surface area (Å²) in [5, 5.41) is 8.64. The van der Waals surface area contributed by atoms with Crippen LogP contribution < -0.4 is 9.47 Å². The first-order valence-corrected chi connectivity index (χ1v) is 7.42. The molecule has 2 aromatic carbocycles. The van der Waals surface area contributed by atoms with E-state index in [0.29, 0.717) is 23.5 Å². The molecule has 124 valence electrons. The summed E-state index contributed by atoms with van der Waals surface area (Å²) in [6, 6.07) is 14.5. The molecule has 1 N–H and O–H groups in total. The highest BCUT2D eigenvalue weighted by molar-refractivity contribution is 5.85. The monoisotopic (exact) mass is 326 g/mol. The normalized spacial score (nSPS) is 10.5. The molecular weight excluding hydrogens is 308 g/mol. The second-order valence-electron chi connectivity index (χ2n) is 5.04. The van der Waals surface area contributed by atoms with E-state index in [1.165, 1.54) is 13.2 Å². The summed E-state index contributed by atoms with van der Waals surface area (Å²) < 4.78 is 10.5. The number of ether oxygens (including phenoxy) is 2. The van der Waals surface area contributed by atoms with Crippen molar-refractivity contribution in [1.29, 1.82) is 0 Å². The van der Waals surface area contributed by atoms with Crippen molar-refractivity contribution in [3.63, 3.8) is 0 Å². The molecule has 0 aliphatic rings. The molecule has 2 rings (SSSR count). The molecule has 5 heteroatoms. The Kier molecular flexibility index (Phi) is 6.14. The molecule has 0 atom stereocenters. The van der Waals surface area contributed by atoms with Crippen LogP contribution in [0, 0.1) is 0 Å². The van der Waals surface area contributed by atoms with E-state index in [1.807, 2.05) is 30.3 Å². The van der Waals surface area contributed by atoms with Crippen LogP contribution >= 0.6 is 0 Å². The number of carboxylic acids is 1. The molecule has 0 aliphatic carbocycles. The molecule has 0 aromatic heterocycles. The molecule has 0 saturated carbocycles. The maximum atomic E-state index is 12.0. The molecule has 0 saturated heterocycles. The van der Waals surface area contributed by atoms with E-state index in [9.17, 15) is 9.59 Å². The lowest BCUT2D eigenvalue weighted by atomic mass is 10.1. The first-order valence-electron chi connectivity index (χ1n) is 7.42. The Bertz CT molecular complexity index is 735. The number of aryl methyl sites for hydroxylation is 1. The fourth-order valence-corrected chi connectivity index (χ4v) is 2.10. The van der Waals surface area contributed by atoms with Crippen molar-refractivity contribution in [3.8, 4) is 11.5 Å². The molecule has 0 unspecified atom stereocenters. The second kappa shape index (κ2) is 8.53. The van der Waals surface area contributed by atoms with Crippen LogP contribution in [-0.4, -0.2) is 24.2 Å². The number of carboxylic acid groups (broad SMARTS) is 1. The minimum absolute atomic E-state index is 0.258. The Hall–Kier alpha value is -3.08. The van der Waals surface area contributed by atoms with E-state index < -0.39 is 5.97 Å². The molecule has 0 fully saturated rings. The Labute approximate surface area is 140 Å². The molecule has 0 amide bonds. The number of carbonyl (C=O) groups is 2. The van der Waals surface area contributed by atoms with Crippen LogP contribution in [-0.2, 0) is 16.0 Å². The van der Waals surface area contributed by atoms with Crippen LogP contribution in [0.2, 0.25) is 0 Å². The smallest absolute Gasteiger partial charge is 0.328 e. The van der Waals surface area contributed by atoms with Crippen LogP contribution in [0.1, 0.15) is 17.5 Å². The number of aliphatic carboxylic acids is 1. The molecule has 0 radical (unpaired) electrons. The fourth-order valence-electron chi connectivity index (χ4n) is 2.10. The maximum Gasteiger partial charge on any atom is 0.328 e. The van der Waals surface area contributed by atoms with Crippen LogP contribution in [0.15, 0.2) is 54.6 Å². The summed E-state index contributed by atoms with van der Waals surface area (Å²) in [5.74, 6) is -0.713. The van der Waals surface area contributed by atoms with Crippen molar-refractivity contribution < 1.29 is 24.2 Å². The average molecular weight is 326 g/mol. The molecule has 5 nitrogen and oxygen atoms in total. The lowest BCUT2D eigenvalue weighted by Crippen LogP contribution is -2.09. The van der Waals surface area contributed by atoms with Gasteiger partial charge in [-0.25, -0.2) is 4.79 Å². The Morgan fingerprint density at radius 1 is 1.08 bits per heavy atom. The summed E-state index contributed by atoms with van der Waals surface area (Å²) in [6.07, 6.45) is 3.32. The first kappa shape index (κ1) is 17.3. The average Bonchev–Trinajstić information content (AvgIpc) is 2.60. The predicted molar refractivity (Wildman–Crippen MR) is 90.1 cm³/mol. The molecule has 0 bridgehead atoms. The summed E-state index contributed by atoms with van der Waals surface area (Å²) in [6.45, 7) is 0. The highest BCUT2D eigenvalue weighted by Crippen LogP contribution is 2.29. The van der Waals surface area contributed by atoms with Gasteiger partial charge in [0.1, 0.15) is 0 Å². The SMILES string of the molecule is COc1cc(/C=C/C(=O)O)ccc1OC(=O)CCc1ccccc1. The number of benzene rings is 2. The highest BCUT2D eigenvalue weighted by Gasteiger charge is 2.11. The van der Waals surface area contributed by atoms with Gasteiger partial charge >= 0.3 is 11.9 Å². The van der Waals surface area contributed by atoms with Gasteiger partial charge in [0.2, 0.25) is 0 Å². The van der Waals surface area contributed by atoms with Crippen molar-refractivity contribution in [2.75, 3.05) is 7.11 Å². The maximum absolute atomic E-state index is 12.0. The molecule has 0 heterocycles. The Morgan fingerprint density at radius 3 is 2.50 bits per heavy atom. The Morgan fingerprint density at radius 2 is 1.83 bits per heavy atom. The quantitative estimate of drug-likeness (QED) is 0.480. The van der Waals surface area contributed by atoms with Gasteiger partial charge in [0.05, 0.1) is 7.11 Å². The zero-order chi connectivity index (χ0) is 17.4. The minimum Gasteiger partial charge on any atom is -0.493 e. The third-order valence-corrected chi connectivity index (χ3v) is 3.29. The van der Waals surface area contributed by atoms with E-state index in [1.54, 1.807) is 18.2 Å². The zero-order valence-corrected chi connectivity index (χ0v) is 13.3. The zero-order valence-electron chi connectivity index (χ0n) is 13.3. The van der Waals surface area contributed by atoms with Crippen LogP contribution in [0.4, 0.5) is 0 Å².